The number of nitrogens with zero attached hydrogens (tertiary/aromatic N) is 3. The van der Waals surface area contributed by atoms with Crippen LogP contribution in [0.1, 0.15) is 18.9 Å². The molecule has 21 heavy (non-hydrogen) atoms. The molecule has 4 nitrogen and oxygen atoms in total. The third-order valence-electron chi connectivity index (χ3n) is 3.62. The summed E-state index contributed by atoms with van der Waals surface area (Å²) in [4.78, 5) is 8.95. The quantitative estimate of drug-likeness (QED) is 0.781. The van der Waals surface area contributed by atoms with E-state index in [9.17, 15) is 0 Å². The SMILES string of the molecule is CCCn1c(-c2cccc(CCN)c2)nc2cnccc21. The van der Waals surface area contributed by atoms with Gasteiger partial charge in [0.1, 0.15) is 11.3 Å². The van der Waals surface area contributed by atoms with E-state index in [4.69, 9.17) is 10.7 Å². The van der Waals surface area contributed by atoms with Crippen molar-refractivity contribution >= 4 is 11.0 Å². The molecule has 0 fully saturated rings. The van der Waals surface area contributed by atoms with Crippen molar-refractivity contribution in [1.82, 2.24) is 14.5 Å². The average Bonchev–Trinajstić information content (AvgIpc) is 2.88. The summed E-state index contributed by atoms with van der Waals surface area (Å²) in [7, 11) is 0. The number of pyridine rings is 1. The molecule has 3 rings (SSSR count). The van der Waals surface area contributed by atoms with E-state index in [1.54, 1.807) is 0 Å². The van der Waals surface area contributed by atoms with Gasteiger partial charge in [-0.2, -0.15) is 0 Å². The number of rotatable bonds is 5. The molecule has 0 atom stereocenters. The summed E-state index contributed by atoms with van der Waals surface area (Å²) in [6.07, 6.45) is 5.62. The van der Waals surface area contributed by atoms with Crippen LogP contribution in [-0.4, -0.2) is 21.1 Å². The summed E-state index contributed by atoms with van der Waals surface area (Å²) in [5.74, 6) is 1.01. The summed E-state index contributed by atoms with van der Waals surface area (Å²) in [6, 6.07) is 10.5. The minimum absolute atomic E-state index is 0.665. The number of aromatic nitrogens is 3. The number of fused-ring (bicyclic) bond motifs is 1. The van der Waals surface area contributed by atoms with E-state index in [0.717, 1.165) is 41.8 Å². The zero-order chi connectivity index (χ0) is 14.7. The van der Waals surface area contributed by atoms with Crippen LogP contribution in [0, 0.1) is 0 Å². The molecule has 2 aromatic heterocycles. The summed E-state index contributed by atoms with van der Waals surface area (Å²) >= 11 is 0. The van der Waals surface area contributed by atoms with Crippen molar-refractivity contribution in [2.45, 2.75) is 26.3 Å². The predicted molar refractivity (Wildman–Crippen MR) is 86.0 cm³/mol. The summed E-state index contributed by atoms with van der Waals surface area (Å²) in [5.41, 5.74) is 10.1. The van der Waals surface area contributed by atoms with Gasteiger partial charge in [-0.1, -0.05) is 25.1 Å². The lowest BCUT2D eigenvalue weighted by Crippen LogP contribution is -2.03. The van der Waals surface area contributed by atoms with Crippen molar-refractivity contribution in [3.05, 3.63) is 48.3 Å². The van der Waals surface area contributed by atoms with Gasteiger partial charge < -0.3 is 10.3 Å². The first-order valence-corrected chi connectivity index (χ1v) is 7.43. The van der Waals surface area contributed by atoms with Gasteiger partial charge in [0.2, 0.25) is 0 Å². The molecular formula is C17H20N4. The van der Waals surface area contributed by atoms with Crippen LogP contribution < -0.4 is 5.73 Å². The van der Waals surface area contributed by atoms with Crippen LogP contribution in [-0.2, 0) is 13.0 Å². The molecule has 0 spiro atoms. The molecule has 0 aliphatic rings. The molecule has 0 aliphatic heterocycles. The summed E-state index contributed by atoms with van der Waals surface area (Å²) in [5, 5.41) is 0. The topological polar surface area (TPSA) is 56.7 Å². The van der Waals surface area contributed by atoms with Gasteiger partial charge in [0.25, 0.3) is 0 Å². The summed E-state index contributed by atoms with van der Waals surface area (Å²) < 4.78 is 2.28. The Balaban J connectivity index is 2.14. The fourth-order valence-corrected chi connectivity index (χ4v) is 2.68. The number of hydrogen-bond acceptors (Lipinski definition) is 3. The van der Waals surface area contributed by atoms with Crippen LogP contribution in [0.15, 0.2) is 42.7 Å². The van der Waals surface area contributed by atoms with E-state index in [1.807, 2.05) is 18.5 Å². The molecule has 1 aromatic carbocycles. The molecule has 4 heteroatoms. The maximum atomic E-state index is 5.66. The van der Waals surface area contributed by atoms with E-state index in [2.05, 4.69) is 40.7 Å². The summed E-state index contributed by atoms with van der Waals surface area (Å²) in [6.45, 7) is 3.80. The Bertz CT molecular complexity index is 745. The van der Waals surface area contributed by atoms with Gasteiger partial charge in [-0.05, 0) is 37.1 Å². The Morgan fingerprint density at radius 1 is 1.24 bits per heavy atom. The largest absolute Gasteiger partial charge is 0.330 e. The minimum atomic E-state index is 0.665. The van der Waals surface area contributed by atoms with Crippen molar-refractivity contribution in [3.63, 3.8) is 0 Å². The van der Waals surface area contributed by atoms with E-state index >= 15 is 0 Å². The maximum Gasteiger partial charge on any atom is 0.141 e. The number of imidazole rings is 1. The van der Waals surface area contributed by atoms with Crippen molar-refractivity contribution < 1.29 is 0 Å². The lowest BCUT2D eigenvalue weighted by atomic mass is 10.1. The smallest absolute Gasteiger partial charge is 0.141 e. The van der Waals surface area contributed by atoms with E-state index in [-0.39, 0.29) is 0 Å². The molecule has 0 radical (unpaired) electrons. The van der Waals surface area contributed by atoms with Crippen LogP contribution in [0.2, 0.25) is 0 Å². The zero-order valence-corrected chi connectivity index (χ0v) is 12.3. The van der Waals surface area contributed by atoms with Gasteiger partial charge in [-0.15, -0.1) is 0 Å². The van der Waals surface area contributed by atoms with Gasteiger partial charge >= 0.3 is 0 Å². The molecule has 2 N–H and O–H groups in total. The fraction of sp³-hybridized carbons (Fsp3) is 0.294. The molecule has 3 aromatic rings. The van der Waals surface area contributed by atoms with Gasteiger partial charge in [-0.25, -0.2) is 4.98 Å². The second-order valence-corrected chi connectivity index (χ2v) is 5.19. The highest BCUT2D eigenvalue weighted by Gasteiger charge is 2.12. The lowest BCUT2D eigenvalue weighted by molar-refractivity contribution is 0.704. The second kappa shape index (κ2) is 6.06. The van der Waals surface area contributed by atoms with Gasteiger partial charge in [-0.3, -0.25) is 4.98 Å². The van der Waals surface area contributed by atoms with Crippen LogP contribution in [0.3, 0.4) is 0 Å². The van der Waals surface area contributed by atoms with Gasteiger partial charge in [0, 0.05) is 18.3 Å². The van der Waals surface area contributed by atoms with Crippen molar-refractivity contribution in [1.29, 1.82) is 0 Å². The first-order valence-electron chi connectivity index (χ1n) is 7.43. The van der Waals surface area contributed by atoms with E-state index in [1.165, 1.54) is 5.56 Å². The second-order valence-electron chi connectivity index (χ2n) is 5.19. The molecule has 108 valence electrons. The molecule has 0 saturated heterocycles. The number of hydrogen-bond donors (Lipinski definition) is 1. The lowest BCUT2D eigenvalue weighted by Gasteiger charge is -2.09. The number of benzene rings is 1. The van der Waals surface area contributed by atoms with Crippen LogP contribution in [0.25, 0.3) is 22.4 Å². The van der Waals surface area contributed by atoms with Crippen molar-refractivity contribution in [3.8, 4) is 11.4 Å². The predicted octanol–water partition coefficient (Wildman–Crippen LogP) is 3.01. The van der Waals surface area contributed by atoms with Crippen molar-refractivity contribution in [2.24, 2.45) is 5.73 Å². The Morgan fingerprint density at radius 3 is 2.95 bits per heavy atom. The molecule has 0 bridgehead atoms. The zero-order valence-electron chi connectivity index (χ0n) is 12.3. The third-order valence-corrected chi connectivity index (χ3v) is 3.62. The first-order chi connectivity index (χ1) is 10.3. The highest BCUT2D eigenvalue weighted by Crippen LogP contribution is 2.25. The number of aryl methyl sites for hydroxylation is 1. The van der Waals surface area contributed by atoms with Crippen molar-refractivity contribution in [2.75, 3.05) is 6.54 Å². The Morgan fingerprint density at radius 2 is 2.14 bits per heavy atom. The molecule has 0 unspecified atom stereocenters. The standard InChI is InChI=1S/C17H20N4/c1-2-10-21-16-7-9-19-12-15(16)20-17(21)14-5-3-4-13(11-14)6-8-18/h3-5,7,9,11-12H,2,6,8,10,18H2,1H3. The van der Waals surface area contributed by atoms with Gasteiger partial charge in [0.05, 0.1) is 11.7 Å². The third kappa shape index (κ3) is 2.67. The normalized spacial score (nSPS) is 11.1. The highest BCUT2D eigenvalue weighted by molar-refractivity contribution is 5.79. The molecular weight excluding hydrogens is 260 g/mol. The monoisotopic (exact) mass is 280 g/mol. The van der Waals surface area contributed by atoms with Crippen LogP contribution >= 0.6 is 0 Å². The maximum absolute atomic E-state index is 5.66. The Hall–Kier alpha value is -2.20. The Labute approximate surface area is 124 Å². The molecule has 0 saturated carbocycles. The van der Waals surface area contributed by atoms with Gasteiger partial charge in [0.15, 0.2) is 0 Å². The molecule has 0 amide bonds. The number of nitrogens with two attached hydrogens (primary N) is 1. The van der Waals surface area contributed by atoms with E-state index in [0.29, 0.717) is 6.54 Å². The minimum Gasteiger partial charge on any atom is -0.330 e. The van der Waals surface area contributed by atoms with Crippen LogP contribution in [0.5, 0.6) is 0 Å². The molecule has 0 aliphatic carbocycles. The first kappa shape index (κ1) is 13.8. The Kier molecular flexibility index (Phi) is 3.97. The van der Waals surface area contributed by atoms with E-state index < -0.39 is 0 Å². The fourth-order valence-electron chi connectivity index (χ4n) is 2.68. The average molecular weight is 280 g/mol. The van der Waals surface area contributed by atoms with Crippen LogP contribution in [0.4, 0.5) is 0 Å². The highest BCUT2D eigenvalue weighted by atomic mass is 15.1. The molecule has 2 heterocycles.